The molecule has 1 rings (SSSR count). The first kappa shape index (κ1) is 9.86. The third-order valence-electron chi connectivity index (χ3n) is 1.49. The summed E-state index contributed by atoms with van der Waals surface area (Å²) in [5.41, 5.74) is 0.783. The van der Waals surface area contributed by atoms with E-state index in [9.17, 15) is 5.11 Å². The molecule has 0 heterocycles. The van der Waals surface area contributed by atoms with E-state index in [2.05, 4.69) is 13.1 Å². The van der Waals surface area contributed by atoms with Crippen molar-refractivity contribution in [1.82, 2.24) is 0 Å². The van der Waals surface area contributed by atoms with E-state index in [-0.39, 0.29) is 5.75 Å². The molecule has 0 aliphatic rings. The summed E-state index contributed by atoms with van der Waals surface area (Å²) in [4.78, 5) is 0. The van der Waals surface area contributed by atoms with Crippen LogP contribution in [0.25, 0.3) is 6.08 Å². The van der Waals surface area contributed by atoms with E-state index in [1.165, 1.54) is 0 Å². The maximum atomic E-state index is 9.38. The van der Waals surface area contributed by atoms with Crippen molar-refractivity contribution in [2.75, 3.05) is 0 Å². The summed E-state index contributed by atoms with van der Waals surface area (Å²) in [6.45, 7) is 4.11. The number of para-hydroxylation sites is 1. The molecule has 0 unspecified atom stereocenters. The highest BCUT2D eigenvalue weighted by molar-refractivity contribution is 6.48. The fourth-order valence-electron chi connectivity index (χ4n) is 0.872. The van der Waals surface area contributed by atoms with E-state index in [0.29, 0.717) is 0 Å². The van der Waals surface area contributed by atoms with Crippen LogP contribution < -0.4 is 0 Å². The Bertz CT molecular complexity index is 295. The van der Waals surface area contributed by atoms with Gasteiger partial charge >= 0.3 is 0 Å². The van der Waals surface area contributed by atoms with Gasteiger partial charge in [0.1, 0.15) is 5.75 Å². The first-order valence-corrected chi connectivity index (χ1v) is 6.52. The summed E-state index contributed by atoms with van der Waals surface area (Å²) in [7, 11) is -0.685. The third-order valence-corrected chi connectivity index (χ3v) is 2.10. The number of hydrogen-bond acceptors (Lipinski definition) is 2. The fraction of sp³-hybridized carbons (Fsp3) is 0.200. The van der Waals surface area contributed by atoms with Crippen molar-refractivity contribution in [3.8, 4) is 5.75 Å². The lowest BCUT2D eigenvalue weighted by atomic mass is 10.2. The second kappa shape index (κ2) is 4.72. The highest BCUT2D eigenvalue weighted by Gasteiger charge is 1.95. The molecule has 0 amide bonds. The van der Waals surface area contributed by atoms with Gasteiger partial charge in [0.25, 0.3) is 9.04 Å². The van der Waals surface area contributed by atoms with Crippen LogP contribution in [0.2, 0.25) is 13.1 Å². The van der Waals surface area contributed by atoms with E-state index in [1.54, 1.807) is 24.5 Å². The summed E-state index contributed by atoms with van der Waals surface area (Å²) in [5, 5.41) is 9.38. The molecule has 1 radical (unpaired) electrons. The summed E-state index contributed by atoms with van der Waals surface area (Å²) in [5.74, 6) is 0.281. The Morgan fingerprint density at radius 2 is 2.00 bits per heavy atom. The quantitative estimate of drug-likeness (QED) is 0.590. The molecule has 1 aromatic rings. The molecular formula is C10H13O2Si. The fourth-order valence-corrected chi connectivity index (χ4v) is 1.21. The van der Waals surface area contributed by atoms with Gasteiger partial charge in [0.15, 0.2) is 0 Å². The lowest BCUT2D eigenvalue weighted by Crippen LogP contribution is -2.00. The van der Waals surface area contributed by atoms with Crippen molar-refractivity contribution < 1.29 is 9.53 Å². The minimum atomic E-state index is -0.685. The van der Waals surface area contributed by atoms with Gasteiger partial charge in [-0.2, -0.15) is 0 Å². The average molecular weight is 193 g/mol. The number of hydrogen-bond donors (Lipinski definition) is 1. The second-order valence-corrected chi connectivity index (χ2v) is 4.94. The highest BCUT2D eigenvalue weighted by atomic mass is 28.3. The van der Waals surface area contributed by atoms with Gasteiger partial charge in [-0.05, 0) is 25.2 Å². The Hall–Kier alpha value is -1.22. The summed E-state index contributed by atoms with van der Waals surface area (Å²) in [6.07, 6.45) is 3.41. The molecule has 2 nitrogen and oxygen atoms in total. The predicted molar refractivity (Wildman–Crippen MR) is 55.7 cm³/mol. The molecule has 0 aromatic heterocycles. The minimum absolute atomic E-state index is 0.281. The first-order valence-electron chi connectivity index (χ1n) is 4.11. The van der Waals surface area contributed by atoms with Crippen LogP contribution in [-0.2, 0) is 4.43 Å². The second-order valence-electron chi connectivity index (χ2n) is 2.89. The van der Waals surface area contributed by atoms with Gasteiger partial charge in [0.05, 0.1) is 6.26 Å². The maximum Gasteiger partial charge on any atom is 0.273 e. The normalized spacial score (nSPS) is 11.0. The van der Waals surface area contributed by atoms with Crippen LogP contribution >= 0.6 is 0 Å². The van der Waals surface area contributed by atoms with Gasteiger partial charge in [0.2, 0.25) is 0 Å². The molecule has 0 saturated carbocycles. The van der Waals surface area contributed by atoms with Crippen LogP contribution in [-0.4, -0.2) is 14.1 Å². The Labute approximate surface area is 80.2 Å². The van der Waals surface area contributed by atoms with Crippen molar-refractivity contribution in [1.29, 1.82) is 0 Å². The average Bonchev–Trinajstić information content (AvgIpc) is 2.08. The van der Waals surface area contributed by atoms with E-state index >= 15 is 0 Å². The molecule has 1 aromatic carbocycles. The molecular weight excluding hydrogens is 180 g/mol. The van der Waals surface area contributed by atoms with E-state index < -0.39 is 9.04 Å². The first-order chi connectivity index (χ1) is 6.20. The molecule has 3 heteroatoms. The Kier molecular flexibility index (Phi) is 3.58. The topological polar surface area (TPSA) is 29.5 Å². The van der Waals surface area contributed by atoms with Crippen LogP contribution in [0.1, 0.15) is 5.56 Å². The van der Waals surface area contributed by atoms with Crippen molar-refractivity contribution in [3.05, 3.63) is 36.1 Å². The van der Waals surface area contributed by atoms with Crippen LogP contribution in [0.5, 0.6) is 5.75 Å². The summed E-state index contributed by atoms with van der Waals surface area (Å²) < 4.78 is 5.31. The number of rotatable bonds is 3. The number of benzene rings is 1. The lowest BCUT2D eigenvalue weighted by Gasteiger charge is -2.01. The van der Waals surface area contributed by atoms with Gasteiger partial charge in [-0.15, -0.1) is 0 Å². The maximum absolute atomic E-state index is 9.38. The molecule has 0 fully saturated rings. The number of aromatic hydroxyl groups is 1. The summed E-state index contributed by atoms with van der Waals surface area (Å²) >= 11 is 0. The highest BCUT2D eigenvalue weighted by Crippen LogP contribution is 2.16. The molecule has 0 saturated heterocycles. The zero-order valence-electron chi connectivity index (χ0n) is 7.82. The zero-order valence-corrected chi connectivity index (χ0v) is 8.82. The van der Waals surface area contributed by atoms with Gasteiger partial charge in [-0.1, -0.05) is 18.2 Å². The third kappa shape index (κ3) is 3.34. The van der Waals surface area contributed by atoms with Crippen molar-refractivity contribution in [3.63, 3.8) is 0 Å². The van der Waals surface area contributed by atoms with Crippen LogP contribution in [0.3, 0.4) is 0 Å². The van der Waals surface area contributed by atoms with Crippen LogP contribution in [0, 0.1) is 0 Å². The van der Waals surface area contributed by atoms with E-state index in [1.807, 2.05) is 12.1 Å². The van der Waals surface area contributed by atoms with Gasteiger partial charge in [-0.3, -0.25) is 0 Å². The summed E-state index contributed by atoms with van der Waals surface area (Å²) in [6, 6.07) is 7.17. The minimum Gasteiger partial charge on any atom is -0.548 e. The SMILES string of the molecule is C[Si](C)O/C=C/c1ccccc1O. The van der Waals surface area contributed by atoms with Crippen molar-refractivity contribution >= 4 is 15.1 Å². The smallest absolute Gasteiger partial charge is 0.273 e. The predicted octanol–water partition coefficient (Wildman–Crippen LogP) is 2.63. The Morgan fingerprint density at radius 3 is 2.62 bits per heavy atom. The van der Waals surface area contributed by atoms with Crippen LogP contribution in [0.15, 0.2) is 30.5 Å². The molecule has 0 atom stereocenters. The van der Waals surface area contributed by atoms with E-state index in [0.717, 1.165) is 5.56 Å². The van der Waals surface area contributed by atoms with Gasteiger partial charge in [0, 0.05) is 5.56 Å². The zero-order chi connectivity index (χ0) is 9.68. The molecule has 13 heavy (non-hydrogen) atoms. The van der Waals surface area contributed by atoms with Gasteiger partial charge in [-0.25, -0.2) is 0 Å². The molecule has 0 aliphatic heterocycles. The molecule has 1 N–H and O–H groups in total. The van der Waals surface area contributed by atoms with Gasteiger partial charge < -0.3 is 9.53 Å². The number of phenolic OH excluding ortho intramolecular Hbond substituents is 1. The molecule has 0 aliphatic carbocycles. The Morgan fingerprint density at radius 1 is 1.31 bits per heavy atom. The lowest BCUT2D eigenvalue weighted by molar-refractivity contribution is 0.473. The van der Waals surface area contributed by atoms with Crippen molar-refractivity contribution in [2.24, 2.45) is 0 Å². The largest absolute Gasteiger partial charge is 0.548 e. The monoisotopic (exact) mass is 193 g/mol. The standard InChI is InChI=1S/C10H13O2Si/c1-13(2)12-8-7-9-5-3-4-6-10(9)11/h3-8,11H,1-2H3/b8-7+. The van der Waals surface area contributed by atoms with Crippen molar-refractivity contribution in [2.45, 2.75) is 13.1 Å². The van der Waals surface area contributed by atoms with Crippen LogP contribution in [0.4, 0.5) is 0 Å². The van der Waals surface area contributed by atoms with E-state index in [4.69, 9.17) is 4.43 Å². The Balaban J connectivity index is 2.63. The molecule has 0 bridgehead atoms. The molecule has 0 spiro atoms. The number of phenols is 1. The molecule has 69 valence electrons.